The van der Waals surface area contributed by atoms with E-state index in [0.717, 1.165) is 25.7 Å². The monoisotopic (exact) mass is 1390 g/mol. The van der Waals surface area contributed by atoms with Gasteiger partial charge in [0.1, 0.15) is 96.0 Å². The lowest BCUT2D eigenvalue weighted by molar-refractivity contribution is -0.147. The molecule has 6 heterocycles. The standard InChI is InChI=1S/C27H35N6O8P.C21H23F5NO5P.C12H13N5O4/c1-4-18(5-2)13-38-26(36)17(3)32-42(37,41-19-9-7-6-8-10-19)39-14-21-23(34)24(35)27(15-28,40-21)22-12-11-20-25(29)30-16-31-33(20)22;1-4-13(5-2)11-30-21(28)12(3)27-33(29,31-14-9-7-6-8-10-14)32-20-18(25)16(23)15(22)17(24)19(20)26;13-4-12(10(20)9(19)7(3-18)21-12)8-2-1-6-11(14)15-5-16-17(6)8/h6-12,16-18,21,23-24,34-35H,4-5,13-14H2,1-3H3,(H,32,37)(H2,29,30,31);6-10,12-13H,4-5,11H2,1-3H3,(H,27,29);1-2,5,7,9-10,18-20H,3H2,(H2,14,15,16)/t17-,21+,23+,24+,27-,42?;12-,33?;7-,9-,10-,12+/m001/s1. The molecule has 96 heavy (non-hydrogen) atoms. The van der Waals surface area contributed by atoms with Crippen LogP contribution in [0.3, 0.4) is 0 Å². The Morgan fingerprint density at radius 2 is 1.00 bits per heavy atom. The summed E-state index contributed by atoms with van der Waals surface area (Å²) in [5.41, 5.74) is 8.80. The maximum absolute atomic E-state index is 14.1. The highest BCUT2D eigenvalue weighted by atomic mass is 31.2. The van der Waals surface area contributed by atoms with E-state index in [1.165, 1.54) is 71.9 Å². The number of nitrogen functional groups attached to an aromatic ring is 2. The number of aliphatic hydroxyl groups is 5. The number of aromatic nitrogens is 6. The predicted molar refractivity (Wildman–Crippen MR) is 328 cm³/mol. The molecule has 0 spiro atoms. The number of carbonyl (C=O) groups excluding carboxylic acids is 2. The molecule has 7 aromatic rings. The number of esters is 2. The number of nitrogens with two attached hydrogens (primary N) is 2. The van der Waals surface area contributed by atoms with Gasteiger partial charge in [0, 0.05) is 0 Å². The van der Waals surface area contributed by atoms with Gasteiger partial charge in [-0.2, -0.15) is 39.7 Å². The fourth-order valence-electron chi connectivity index (χ4n) is 9.75. The lowest BCUT2D eigenvalue weighted by Gasteiger charge is -2.25. The Morgan fingerprint density at radius 3 is 1.40 bits per heavy atom. The number of carbonyl (C=O) groups is 2. The molecule has 518 valence electrons. The first-order valence-corrected chi connectivity index (χ1v) is 32.9. The highest BCUT2D eigenvalue weighted by Gasteiger charge is 2.59. The van der Waals surface area contributed by atoms with Crippen LogP contribution in [0.4, 0.5) is 33.6 Å². The number of ether oxygens (including phenoxy) is 4. The van der Waals surface area contributed by atoms with E-state index in [1.54, 1.807) is 48.5 Å². The van der Waals surface area contributed by atoms with Crippen molar-refractivity contribution in [2.45, 2.75) is 127 Å². The molecule has 0 saturated carbocycles. The second-order valence-electron chi connectivity index (χ2n) is 21.8. The first-order valence-electron chi connectivity index (χ1n) is 29.8. The molecule has 2 aliphatic rings. The van der Waals surface area contributed by atoms with E-state index >= 15 is 0 Å². The number of para-hydroxylation sites is 2. The second kappa shape index (κ2) is 32.5. The van der Waals surface area contributed by atoms with E-state index in [1.807, 2.05) is 39.8 Å². The van der Waals surface area contributed by atoms with Crippen molar-refractivity contribution in [1.82, 2.24) is 39.4 Å². The summed E-state index contributed by atoms with van der Waals surface area (Å²) in [6.07, 6.45) is -3.17. The van der Waals surface area contributed by atoms with Gasteiger partial charge in [0.2, 0.25) is 46.0 Å². The van der Waals surface area contributed by atoms with Crippen molar-refractivity contribution in [3.63, 3.8) is 0 Å². The minimum atomic E-state index is -4.93. The normalized spacial score (nSPS) is 22.5. The van der Waals surface area contributed by atoms with Gasteiger partial charge in [-0.3, -0.25) is 14.1 Å². The molecule has 12 atom stereocenters. The van der Waals surface area contributed by atoms with Crippen molar-refractivity contribution in [3.05, 3.63) is 138 Å². The topological polar surface area (TPSA) is 427 Å². The molecule has 2 unspecified atom stereocenters. The smallest absolute Gasteiger partial charge is 0.464 e. The van der Waals surface area contributed by atoms with Gasteiger partial charge in [-0.15, -0.1) is 0 Å². The van der Waals surface area contributed by atoms with Crippen LogP contribution in [0, 0.1) is 63.6 Å². The molecule has 9 rings (SSSR count). The van der Waals surface area contributed by atoms with Crippen LogP contribution in [-0.4, -0.2) is 142 Å². The van der Waals surface area contributed by atoms with Crippen LogP contribution in [0.1, 0.15) is 78.6 Å². The molecule has 4 aromatic heterocycles. The Hall–Kier alpha value is -8.47. The molecular weight excluding hydrogens is 1320 g/mol. The van der Waals surface area contributed by atoms with E-state index in [9.17, 15) is 76.7 Å². The Balaban J connectivity index is 0.000000214. The quantitative estimate of drug-likeness (QED) is 0.00935. The van der Waals surface area contributed by atoms with Gasteiger partial charge in [0.05, 0.1) is 37.8 Å². The largest absolute Gasteiger partial charge is 0.513 e. The van der Waals surface area contributed by atoms with Crippen molar-refractivity contribution in [3.8, 4) is 29.4 Å². The Labute approximate surface area is 545 Å². The Morgan fingerprint density at radius 1 is 0.615 bits per heavy atom. The maximum Gasteiger partial charge on any atom is 0.513 e. The third-order valence-corrected chi connectivity index (χ3v) is 18.7. The van der Waals surface area contributed by atoms with Crippen LogP contribution >= 0.6 is 15.5 Å². The molecule has 2 aliphatic heterocycles. The fourth-order valence-corrected chi connectivity index (χ4v) is 12.8. The number of benzene rings is 3. The zero-order chi connectivity index (χ0) is 70.5. The highest BCUT2D eigenvalue weighted by molar-refractivity contribution is 7.52. The van der Waals surface area contributed by atoms with E-state index in [0.29, 0.717) is 11.0 Å². The summed E-state index contributed by atoms with van der Waals surface area (Å²) in [4.78, 5) is 32.7. The van der Waals surface area contributed by atoms with Crippen molar-refractivity contribution in [2.24, 2.45) is 11.8 Å². The molecule has 0 bridgehead atoms. The number of hydrogen-bond donors (Lipinski definition) is 9. The maximum atomic E-state index is 14.1. The summed E-state index contributed by atoms with van der Waals surface area (Å²) in [5, 5.41) is 83.6. The van der Waals surface area contributed by atoms with Gasteiger partial charge in [0.15, 0.2) is 11.6 Å². The third kappa shape index (κ3) is 16.5. The van der Waals surface area contributed by atoms with Crippen LogP contribution in [-0.2, 0) is 53.4 Å². The zero-order valence-corrected chi connectivity index (χ0v) is 54.1. The number of fused-ring (bicyclic) bond motifs is 2. The first kappa shape index (κ1) is 74.9. The van der Waals surface area contributed by atoms with Crippen LogP contribution in [0.5, 0.6) is 17.2 Å². The predicted octanol–water partition coefficient (Wildman–Crippen LogP) is 6.36. The summed E-state index contributed by atoms with van der Waals surface area (Å²) >= 11 is 0. The average Bonchev–Trinajstić information content (AvgIpc) is 1.58. The SMILES string of the molecule is CCC(CC)COC(=O)[C@H](C)NP(=O)(OC[C@H]1O[C@@](C#N)(c2ccc3c(N)ncnn23)[C@H](O)[C@@H]1O)Oc1ccccc1.CCC(CC)COC(=O)[C@H](C)NP(=O)(Oc1ccccc1)Oc1c(F)c(F)c(F)c(F)c1F.N#C[C@@]1(c2ccc3c(N)ncnn23)O[C@H](CO)[C@@H](O)[C@H]1O. The molecular formula is C60H71F5N12O17P2. The third-order valence-electron chi connectivity index (χ3n) is 15.5. The molecule has 2 saturated heterocycles. The van der Waals surface area contributed by atoms with Crippen LogP contribution in [0.25, 0.3) is 11.0 Å². The number of anilines is 2. The highest BCUT2D eigenvalue weighted by Crippen LogP contribution is 2.50. The summed E-state index contributed by atoms with van der Waals surface area (Å²) in [5.74, 6) is -14.4. The Kier molecular flexibility index (Phi) is 25.4. The number of aliphatic hydroxyl groups excluding tert-OH is 5. The van der Waals surface area contributed by atoms with Crippen molar-refractivity contribution in [2.75, 3.05) is 37.9 Å². The fraction of sp³-hybridized carbons (Fsp3) is 0.433. The van der Waals surface area contributed by atoms with Crippen LogP contribution in [0.15, 0.2) is 97.6 Å². The van der Waals surface area contributed by atoms with Gasteiger partial charge < -0.3 is 69.5 Å². The minimum Gasteiger partial charge on any atom is -0.464 e. The molecule has 0 amide bonds. The minimum absolute atomic E-state index is 0.0696. The number of nitrogens with one attached hydrogen (secondary N) is 2. The van der Waals surface area contributed by atoms with Gasteiger partial charge >= 0.3 is 27.4 Å². The summed E-state index contributed by atoms with van der Waals surface area (Å²) < 4.78 is 142. The summed E-state index contributed by atoms with van der Waals surface area (Å²) in [6.45, 7) is 9.64. The van der Waals surface area contributed by atoms with Crippen molar-refractivity contribution >= 4 is 50.1 Å². The molecule has 0 aliphatic carbocycles. The number of hydrogen-bond acceptors (Lipinski definition) is 25. The van der Waals surface area contributed by atoms with E-state index in [-0.39, 0.29) is 59.6 Å². The number of nitriles is 2. The van der Waals surface area contributed by atoms with Crippen LogP contribution < -0.4 is 35.2 Å². The summed E-state index contributed by atoms with van der Waals surface area (Å²) in [7, 11) is -9.25. The second-order valence-corrected chi connectivity index (χ2v) is 25.1. The number of nitrogens with zero attached hydrogens (tertiary/aromatic N) is 8. The molecule has 2 fully saturated rings. The van der Waals surface area contributed by atoms with Gasteiger partial charge in [0.25, 0.3) is 0 Å². The zero-order valence-electron chi connectivity index (χ0n) is 52.3. The van der Waals surface area contributed by atoms with E-state index in [4.69, 9.17) is 48.5 Å². The van der Waals surface area contributed by atoms with E-state index < -0.39 is 135 Å². The lowest BCUT2D eigenvalue weighted by Crippen LogP contribution is -2.41. The van der Waals surface area contributed by atoms with Gasteiger partial charge in [-0.1, -0.05) is 89.8 Å². The van der Waals surface area contributed by atoms with Crippen molar-refractivity contribution < 1.29 is 103 Å². The van der Waals surface area contributed by atoms with Crippen molar-refractivity contribution in [1.29, 1.82) is 10.5 Å². The molecule has 3 aromatic carbocycles. The molecule has 11 N–H and O–H groups in total. The molecule has 0 radical (unpaired) electrons. The molecule has 29 nitrogen and oxygen atoms in total. The average molecular weight is 1390 g/mol. The summed E-state index contributed by atoms with van der Waals surface area (Å²) in [6, 6.07) is 22.7. The Bertz CT molecular complexity index is 3970. The number of halogens is 5. The lowest BCUT2D eigenvalue weighted by atomic mass is 9.92. The first-order chi connectivity index (χ1) is 45.6. The van der Waals surface area contributed by atoms with Crippen LogP contribution in [0.2, 0.25) is 0 Å². The van der Waals surface area contributed by atoms with Gasteiger partial charge in [-0.05, 0) is 74.2 Å². The number of rotatable bonds is 26. The van der Waals surface area contributed by atoms with Gasteiger partial charge in [-0.25, -0.2) is 41.3 Å². The molecule has 36 heteroatoms. The van der Waals surface area contributed by atoms with E-state index in [2.05, 4.69) is 30.3 Å².